The van der Waals surface area contributed by atoms with Gasteiger partial charge in [-0.3, -0.25) is 0 Å². The van der Waals surface area contributed by atoms with Gasteiger partial charge in [-0.1, -0.05) is 24.4 Å². The van der Waals surface area contributed by atoms with Crippen LogP contribution in [0, 0.1) is 5.41 Å². The second-order valence-corrected chi connectivity index (χ2v) is 7.30. The fraction of sp³-hybridized carbons (Fsp3) is 0.857. The number of nitrogens with two attached hydrogens (primary N) is 1. The minimum Gasteiger partial charge on any atom is -0.339 e. The van der Waals surface area contributed by atoms with Crippen LogP contribution in [-0.4, -0.2) is 22.4 Å². The molecule has 2 heterocycles. The second-order valence-electron chi connectivity index (χ2n) is 5.99. The first kappa shape index (κ1) is 13.4. The summed E-state index contributed by atoms with van der Waals surface area (Å²) >= 11 is 1.95. The monoisotopic (exact) mass is 281 g/mol. The maximum atomic E-state index is 6.02. The molecule has 0 aromatic carbocycles. The van der Waals surface area contributed by atoms with Crippen molar-refractivity contribution >= 4 is 11.8 Å². The van der Waals surface area contributed by atoms with Crippen molar-refractivity contribution in [2.75, 3.05) is 12.3 Å². The van der Waals surface area contributed by atoms with E-state index >= 15 is 0 Å². The van der Waals surface area contributed by atoms with Crippen molar-refractivity contribution in [3.8, 4) is 0 Å². The van der Waals surface area contributed by atoms with Crippen LogP contribution in [-0.2, 0) is 6.42 Å². The van der Waals surface area contributed by atoms with Crippen molar-refractivity contribution in [1.82, 2.24) is 10.1 Å². The third-order valence-corrected chi connectivity index (χ3v) is 5.95. The molecular weight excluding hydrogens is 258 g/mol. The summed E-state index contributed by atoms with van der Waals surface area (Å²) in [6.45, 7) is 0.739. The summed E-state index contributed by atoms with van der Waals surface area (Å²) in [7, 11) is 0. The van der Waals surface area contributed by atoms with Gasteiger partial charge in [0.25, 0.3) is 0 Å². The van der Waals surface area contributed by atoms with E-state index in [1.807, 2.05) is 11.8 Å². The highest BCUT2D eigenvalue weighted by Crippen LogP contribution is 2.40. The molecule has 2 N–H and O–H groups in total. The third-order valence-electron chi connectivity index (χ3n) is 4.57. The number of aromatic nitrogens is 2. The van der Waals surface area contributed by atoms with Crippen LogP contribution in [0.2, 0.25) is 0 Å². The minimum absolute atomic E-state index is 0.213. The number of hydrogen-bond donors (Lipinski definition) is 1. The molecule has 1 aromatic rings. The van der Waals surface area contributed by atoms with Gasteiger partial charge in [0.2, 0.25) is 5.89 Å². The van der Waals surface area contributed by atoms with Gasteiger partial charge < -0.3 is 10.3 Å². The van der Waals surface area contributed by atoms with Crippen LogP contribution in [0.4, 0.5) is 0 Å². The molecule has 2 aliphatic rings. The summed E-state index contributed by atoms with van der Waals surface area (Å²) < 4.78 is 5.48. The quantitative estimate of drug-likeness (QED) is 0.918. The van der Waals surface area contributed by atoms with Crippen molar-refractivity contribution in [2.45, 2.75) is 56.6 Å². The van der Waals surface area contributed by atoms with Crippen LogP contribution < -0.4 is 5.73 Å². The molecule has 2 fully saturated rings. The van der Waals surface area contributed by atoms with Gasteiger partial charge in [0.1, 0.15) is 0 Å². The zero-order valence-corrected chi connectivity index (χ0v) is 12.3. The molecule has 1 aromatic heterocycles. The molecule has 1 saturated heterocycles. The SMILES string of the molecule is NCC1(Cc2nc(C3CCCS3)no2)CCCCC1. The molecule has 1 atom stereocenters. The molecule has 0 radical (unpaired) electrons. The Kier molecular flexibility index (Phi) is 4.12. The van der Waals surface area contributed by atoms with Crippen LogP contribution in [0.1, 0.15) is 61.9 Å². The van der Waals surface area contributed by atoms with Crippen LogP contribution in [0.5, 0.6) is 0 Å². The maximum Gasteiger partial charge on any atom is 0.227 e. The van der Waals surface area contributed by atoms with Crippen molar-refractivity contribution in [3.05, 3.63) is 11.7 Å². The topological polar surface area (TPSA) is 64.9 Å². The molecule has 19 heavy (non-hydrogen) atoms. The Bertz CT molecular complexity index is 409. The Morgan fingerprint density at radius 3 is 2.79 bits per heavy atom. The standard InChI is InChI=1S/C14H23N3OS/c15-10-14(6-2-1-3-7-14)9-12-16-13(17-18-12)11-5-4-8-19-11/h11H,1-10,15H2. The van der Waals surface area contributed by atoms with E-state index < -0.39 is 0 Å². The van der Waals surface area contributed by atoms with Crippen LogP contribution in [0.3, 0.4) is 0 Å². The van der Waals surface area contributed by atoms with Gasteiger partial charge >= 0.3 is 0 Å². The average molecular weight is 281 g/mol. The van der Waals surface area contributed by atoms with Gasteiger partial charge in [-0.05, 0) is 43.4 Å². The van der Waals surface area contributed by atoms with E-state index in [2.05, 4.69) is 10.1 Å². The molecule has 106 valence electrons. The summed E-state index contributed by atoms with van der Waals surface area (Å²) in [5, 5.41) is 4.64. The van der Waals surface area contributed by atoms with Gasteiger partial charge in [-0.15, -0.1) is 0 Å². The van der Waals surface area contributed by atoms with E-state index in [4.69, 9.17) is 10.3 Å². The highest BCUT2D eigenvalue weighted by atomic mass is 32.2. The fourth-order valence-corrected chi connectivity index (χ4v) is 4.52. The lowest BCUT2D eigenvalue weighted by Crippen LogP contribution is -2.35. The molecule has 1 aliphatic carbocycles. The Labute approximate surface area is 118 Å². The van der Waals surface area contributed by atoms with Gasteiger partial charge in [-0.25, -0.2) is 0 Å². The highest BCUT2D eigenvalue weighted by Gasteiger charge is 2.33. The summed E-state index contributed by atoms with van der Waals surface area (Å²) in [5.41, 5.74) is 6.23. The first-order valence-electron chi connectivity index (χ1n) is 7.45. The normalized spacial score (nSPS) is 26.7. The predicted octanol–water partition coefficient (Wildman–Crippen LogP) is 3.09. The minimum atomic E-state index is 0.213. The van der Waals surface area contributed by atoms with Crippen molar-refractivity contribution in [3.63, 3.8) is 0 Å². The Morgan fingerprint density at radius 1 is 1.26 bits per heavy atom. The molecule has 0 amide bonds. The maximum absolute atomic E-state index is 6.02. The third kappa shape index (κ3) is 2.97. The molecule has 0 spiro atoms. The fourth-order valence-electron chi connectivity index (χ4n) is 3.33. The summed E-state index contributed by atoms with van der Waals surface area (Å²) in [6, 6.07) is 0. The average Bonchev–Trinajstić information content (AvgIpc) is 3.10. The molecule has 1 aliphatic heterocycles. The zero-order chi connectivity index (χ0) is 13.1. The van der Waals surface area contributed by atoms with E-state index in [9.17, 15) is 0 Å². The Morgan fingerprint density at radius 2 is 2.11 bits per heavy atom. The Balaban J connectivity index is 1.68. The van der Waals surface area contributed by atoms with Gasteiger partial charge in [0.15, 0.2) is 5.82 Å². The van der Waals surface area contributed by atoms with Crippen LogP contribution in [0.15, 0.2) is 4.52 Å². The van der Waals surface area contributed by atoms with Gasteiger partial charge in [0.05, 0.1) is 5.25 Å². The lowest BCUT2D eigenvalue weighted by molar-refractivity contribution is 0.177. The first-order chi connectivity index (χ1) is 9.31. The lowest BCUT2D eigenvalue weighted by atomic mass is 9.72. The second kappa shape index (κ2) is 5.83. The highest BCUT2D eigenvalue weighted by molar-refractivity contribution is 7.99. The molecule has 1 saturated carbocycles. The summed E-state index contributed by atoms with van der Waals surface area (Å²) in [4.78, 5) is 4.63. The molecule has 1 unspecified atom stereocenters. The van der Waals surface area contributed by atoms with E-state index in [1.165, 1.54) is 50.7 Å². The summed E-state index contributed by atoms with van der Waals surface area (Å²) in [6.07, 6.45) is 9.66. The number of hydrogen-bond acceptors (Lipinski definition) is 5. The van der Waals surface area contributed by atoms with Crippen molar-refractivity contribution in [2.24, 2.45) is 11.1 Å². The lowest BCUT2D eigenvalue weighted by Gasteiger charge is -2.34. The number of thioether (sulfide) groups is 1. The molecule has 0 bridgehead atoms. The van der Waals surface area contributed by atoms with E-state index in [-0.39, 0.29) is 5.41 Å². The first-order valence-corrected chi connectivity index (χ1v) is 8.50. The van der Waals surface area contributed by atoms with E-state index in [0.717, 1.165) is 24.7 Å². The Hall–Kier alpha value is -0.550. The van der Waals surface area contributed by atoms with Crippen LogP contribution >= 0.6 is 11.8 Å². The summed E-state index contributed by atoms with van der Waals surface area (Å²) in [5.74, 6) is 2.93. The predicted molar refractivity (Wildman–Crippen MR) is 77.0 cm³/mol. The zero-order valence-electron chi connectivity index (χ0n) is 11.4. The number of nitrogens with zero attached hydrogens (tertiary/aromatic N) is 2. The largest absolute Gasteiger partial charge is 0.339 e. The molecule has 3 rings (SSSR count). The van der Waals surface area contributed by atoms with Crippen molar-refractivity contribution < 1.29 is 4.52 Å². The van der Waals surface area contributed by atoms with Crippen molar-refractivity contribution in [1.29, 1.82) is 0 Å². The van der Waals surface area contributed by atoms with Gasteiger partial charge in [0, 0.05) is 6.42 Å². The molecule has 4 nitrogen and oxygen atoms in total. The van der Waals surface area contributed by atoms with E-state index in [0.29, 0.717) is 5.25 Å². The van der Waals surface area contributed by atoms with E-state index in [1.54, 1.807) is 0 Å². The smallest absolute Gasteiger partial charge is 0.227 e. The van der Waals surface area contributed by atoms with Crippen LogP contribution in [0.25, 0.3) is 0 Å². The molecular formula is C14H23N3OS. The molecule has 5 heteroatoms. The van der Waals surface area contributed by atoms with Gasteiger partial charge in [-0.2, -0.15) is 16.7 Å². The number of rotatable bonds is 4.